The summed E-state index contributed by atoms with van der Waals surface area (Å²) in [6.45, 7) is 1.42. The van der Waals surface area contributed by atoms with Crippen molar-refractivity contribution in [3.8, 4) is 0 Å². The van der Waals surface area contributed by atoms with E-state index in [0.29, 0.717) is 31.6 Å². The minimum absolute atomic E-state index is 0.232. The van der Waals surface area contributed by atoms with E-state index in [0.717, 1.165) is 18.6 Å². The lowest BCUT2D eigenvalue weighted by molar-refractivity contribution is -0.139. The van der Waals surface area contributed by atoms with Crippen LogP contribution in [-0.4, -0.2) is 77.2 Å². The number of nitrogens with zero attached hydrogens (tertiary/aromatic N) is 2. The fraction of sp³-hybridized carbons (Fsp3) is 0.857. The van der Waals surface area contributed by atoms with Gasteiger partial charge in [0.2, 0.25) is 0 Å². The van der Waals surface area contributed by atoms with E-state index in [9.17, 15) is 14.7 Å². The number of hydrogen-bond donors (Lipinski definition) is 2. The maximum Gasteiger partial charge on any atom is 0.326 e. The van der Waals surface area contributed by atoms with E-state index < -0.39 is 12.0 Å². The number of urea groups is 1. The van der Waals surface area contributed by atoms with E-state index in [2.05, 4.69) is 17.3 Å². The Morgan fingerprint density at radius 1 is 1.33 bits per heavy atom. The summed E-state index contributed by atoms with van der Waals surface area (Å²) in [5.41, 5.74) is 0. The van der Waals surface area contributed by atoms with Gasteiger partial charge in [-0.25, -0.2) is 9.59 Å². The molecular weight excluding hydrogens is 290 g/mol. The fourth-order valence-electron chi connectivity index (χ4n) is 3.23. The number of carboxylic acids is 1. The Morgan fingerprint density at radius 2 is 2.05 bits per heavy atom. The molecular formula is C14H25N3O3S. The molecule has 21 heavy (non-hydrogen) atoms. The maximum atomic E-state index is 12.3. The molecule has 2 heterocycles. The van der Waals surface area contributed by atoms with Crippen LogP contribution in [0.2, 0.25) is 0 Å². The molecule has 6 nitrogen and oxygen atoms in total. The molecule has 3 atom stereocenters. The Kier molecular flexibility index (Phi) is 5.75. The van der Waals surface area contributed by atoms with E-state index in [4.69, 9.17) is 0 Å². The molecule has 2 amide bonds. The summed E-state index contributed by atoms with van der Waals surface area (Å²) >= 11 is 1.59. The number of thioether (sulfide) groups is 1. The molecule has 120 valence electrons. The predicted octanol–water partition coefficient (Wildman–Crippen LogP) is 1.07. The average molecular weight is 315 g/mol. The molecule has 2 aliphatic heterocycles. The summed E-state index contributed by atoms with van der Waals surface area (Å²) in [5.74, 6) is -0.226. The summed E-state index contributed by atoms with van der Waals surface area (Å²) in [4.78, 5) is 27.7. The zero-order valence-corrected chi connectivity index (χ0v) is 13.6. The number of fused-ring (bicyclic) bond motifs is 2. The lowest BCUT2D eigenvalue weighted by atomic mass is 10.1. The first-order valence-electron chi connectivity index (χ1n) is 7.52. The van der Waals surface area contributed by atoms with Gasteiger partial charge in [0.15, 0.2) is 0 Å². The van der Waals surface area contributed by atoms with E-state index in [1.807, 2.05) is 6.26 Å². The van der Waals surface area contributed by atoms with E-state index in [1.54, 1.807) is 16.7 Å². The minimum atomic E-state index is -0.953. The number of hydrogen-bond acceptors (Lipinski definition) is 4. The Bertz CT molecular complexity index is 394. The smallest absolute Gasteiger partial charge is 0.326 e. The highest BCUT2D eigenvalue weighted by Gasteiger charge is 2.36. The monoisotopic (exact) mass is 315 g/mol. The van der Waals surface area contributed by atoms with Gasteiger partial charge in [0.1, 0.15) is 6.04 Å². The normalized spacial score (nSPS) is 27.2. The van der Waals surface area contributed by atoms with Crippen molar-refractivity contribution < 1.29 is 14.7 Å². The number of carbonyl (C=O) groups is 2. The summed E-state index contributed by atoms with van der Waals surface area (Å²) in [5, 5.41) is 11.9. The molecule has 7 heteroatoms. The molecule has 0 aromatic rings. The van der Waals surface area contributed by atoms with Gasteiger partial charge in [0.05, 0.1) is 0 Å². The summed E-state index contributed by atoms with van der Waals surface area (Å²) < 4.78 is 0. The molecule has 0 radical (unpaired) electrons. The number of carbonyl (C=O) groups excluding carboxylic acids is 1. The Hall–Kier alpha value is -0.950. The highest BCUT2D eigenvalue weighted by molar-refractivity contribution is 7.98. The van der Waals surface area contributed by atoms with Crippen LogP contribution in [0, 0.1) is 0 Å². The van der Waals surface area contributed by atoms with Crippen LogP contribution >= 0.6 is 11.8 Å². The Balaban J connectivity index is 1.91. The fourth-order valence-corrected chi connectivity index (χ4v) is 3.70. The van der Waals surface area contributed by atoms with Gasteiger partial charge in [0, 0.05) is 25.2 Å². The number of likely N-dealkylation sites (tertiary alicyclic amines) is 1. The second kappa shape index (κ2) is 7.35. The lowest BCUT2D eigenvalue weighted by Gasteiger charge is -2.27. The SMILES string of the molecule is CSCCC(NC(=O)N1CCC2CCC(C1)N2C)C(=O)O. The van der Waals surface area contributed by atoms with E-state index in [-0.39, 0.29) is 6.03 Å². The standard InChI is InChI=1S/C14H25N3O3S/c1-16-10-3-4-11(16)9-17(7-5-10)14(20)15-12(13(18)19)6-8-21-2/h10-12H,3-9H2,1-2H3,(H,15,20)(H,18,19). The molecule has 0 aromatic heterocycles. The van der Waals surface area contributed by atoms with Crippen molar-refractivity contribution in [1.29, 1.82) is 0 Å². The molecule has 0 spiro atoms. The predicted molar refractivity (Wildman–Crippen MR) is 83.7 cm³/mol. The lowest BCUT2D eigenvalue weighted by Crippen LogP contribution is -2.50. The van der Waals surface area contributed by atoms with Crippen molar-refractivity contribution in [2.24, 2.45) is 0 Å². The van der Waals surface area contributed by atoms with Crippen molar-refractivity contribution in [3.05, 3.63) is 0 Å². The summed E-state index contributed by atoms with van der Waals surface area (Å²) in [7, 11) is 2.13. The second-order valence-electron chi connectivity index (χ2n) is 5.91. The zero-order chi connectivity index (χ0) is 15.4. The van der Waals surface area contributed by atoms with Gasteiger partial charge in [-0.15, -0.1) is 0 Å². The van der Waals surface area contributed by atoms with E-state index in [1.165, 1.54) is 6.42 Å². The third-order valence-corrected chi connectivity index (χ3v) is 5.29. The number of nitrogens with one attached hydrogen (secondary N) is 1. The molecule has 2 saturated heterocycles. The van der Waals surface area contributed by atoms with Crippen LogP contribution in [0.25, 0.3) is 0 Å². The highest BCUT2D eigenvalue weighted by Crippen LogP contribution is 2.28. The zero-order valence-electron chi connectivity index (χ0n) is 12.7. The van der Waals surface area contributed by atoms with E-state index >= 15 is 0 Å². The van der Waals surface area contributed by atoms with Gasteiger partial charge in [-0.3, -0.25) is 4.90 Å². The van der Waals surface area contributed by atoms with Crippen molar-refractivity contribution in [3.63, 3.8) is 0 Å². The average Bonchev–Trinajstić information content (AvgIpc) is 2.67. The number of amides is 2. The van der Waals surface area contributed by atoms with Crippen molar-refractivity contribution in [2.45, 2.75) is 43.8 Å². The molecule has 0 aromatic carbocycles. The maximum absolute atomic E-state index is 12.3. The first-order chi connectivity index (χ1) is 10.0. The third-order valence-electron chi connectivity index (χ3n) is 4.64. The molecule has 2 N–H and O–H groups in total. The Labute approximate surface area is 130 Å². The number of likely N-dealkylation sites (N-methyl/N-ethyl adjacent to an activating group) is 1. The van der Waals surface area contributed by atoms with Gasteiger partial charge in [-0.05, 0) is 44.7 Å². The molecule has 2 bridgehead atoms. The first-order valence-corrected chi connectivity index (χ1v) is 8.91. The van der Waals surface area contributed by atoms with Gasteiger partial charge in [-0.1, -0.05) is 0 Å². The molecule has 0 aliphatic carbocycles. The van der Waals surface area contributed by atoms with Gasteiger partial charge in [-0.2, -0.15) is 11.8 Å². The number of carboxylic acid groups (broad SMARTS) is 1. The molecule has 2 aliphatic rings. The van der Waals surface area contributed by atoms with Crippen LogP contribution in [0.4, 0.5) is 4.79 Å². The topological polar surface area (TPSA) is 72.9 Å². The van der Waals surface area contributed by atoms with Gasteiger partial charge >= 0.3 is 12.0 Å². The van der Waals surface area contributed by atoms with Crippen LogP contribution in [0.5, 0.6) is 0 Å². The largest absolute Gasteiger partial charge is 0.480 e. The number of rotatable bonds is 5. The first kappa shape index (κ1) is 16.4. The second-order valence-corrected chi connectivity index (χ2v) is 6.89. The van der Waals surface area contributed by atoms with Crippen molar-refractivity contribution in [1.82, 2.24) is 15.1 Å². The van der Waals surface area contributed by atoms with Crippen molar-refractivity contribution >= 4 is 23.8 Å². The molecule has 3 unspecified atom stereocenters. The summed E-state index contributed by atoms with van der Waals surface area (Å²) in [6.07, 6.45) is 5.70. The molecule has 2 rings (SSSR count). The third kappa shape index (κ3) is 4.03. The van der Waals surface area contributed by atoms with Gasteiger partial charge < -0.3 is 15.3 Å². The van der Waals surface area contributed by atoms with Crippen LogP contribution in [-0.2, 0) is 4.79 Å². The number of aliphatic carboxylic acids is 1. The minimum Gasteiger partial charge on any atom is -0.480 e. The van der Waals surface area contributed by atoms with Crippen LogP contribution in [0.3, 0.4) is 0 Å². The van der Waals surface area contributed by atoms with Crippen molar-refractivity contribution in [2.75, 3.05) is 32.1 Å². The van der Waals surface area contributed by atoms with Crippen LogP contribution in [0.1, 0.15) is 25.7 Å². The Morgan fingerprint density at radius 3 is 2.71 bits per heavy atom. The molecule has 0 saturated carbocycles. The van der Waals surface area contributed by atoms with Crippen LogP contribution < -0.4 is 5.32 Å². The molecule has 2 fully saturated rings. The highest BCUT2D eigenvalue weighted by atomic mass is 32.2. The van der Waals surface area contributed by atoms with Gasteiger partial charge in [0.25, 0.3) is 0 Å². The summed E-state index contributed by atoms with van der Waals surface area (Å²) in [6, 6.07) is -0.0372. The quantitative estimate of drug-likeness (QED) is 0.794. The van der Waals surface area contributed by atoms with Crippen LogP contribution in [0.15, 0.2) is 0 Å².